The highest BCUT2D eigenvalue weighted by Crippen LogP contribution is 2.31. The molecule has 1 aliphatic rings. The van der Waals surface area contributed by atoms with Gasteiger partial charge in [0, 0.05) is 0 Å². The molecule has 0 radical (unpaired) electrons. The van der Waals surface area contributed by atoms with Crippen LogP contribution >= 0.6 is 0 Å². The van der Waals surface area contributed by atoms with Crippen LogP contribution < -0.4 is 14.8 Å². The Hall–Kier alpha value is -1.75. The number of benzene rings is 1. The van der Waals surface area contributed by atoms with Crippen molar-refractivity contribution in [2.24, 2.45) is 0 Å². The van der Waals surface area contributed by atoms with Gasteiger partial charge in [0.25, 0.3) is 5.91 Å². The van der Waals surface area contributed by atoms with E-state index >= 15 is 0 Å². The number of nitrogens with one attached hydrogen (secondary N) is 1. The first-order chi connectivity index (χ1) is 9.67. The Bertz CT molecular complexity index is 475. The summed E-state index contributed by atoms with van der Waals surface area (Å²) in [7, 11) is 3.04. The summed E-state index contributed by atoms with van der Waals surface area (Å²) in [5.41, 5.74) is 0.421. The fourth-order valence-corrected chi connectivity index (χ4v) is 2.59. The largest absolute Gasteiger partial charge is 0.493 e. The van der Waals surface area contributed by atoms with E-state index in [1.807, 2.05) is 0 Å². The SMILES string of the molecule is COc1cccc(C(=O)NC2CCCCC2O)c1OC. The fourth-order valence-electron chi connectivity index (χ4n) is 2.59. The zero-order chi connectivity index (χ0) is 14.5. The molecular formula is C15H21NO4. The molecule has 0 bridgehead atoms. The third kappa shape index (κ3) is 3.04. The Morgan fingerprint density at radius 1 is 1.25 bits per heavy atom. The zero-order valence-electron chi connectivity index (χ0n) is 11.9. The van der Waals surface area contributed by atoms with Crippen LogP contribution in [-0.4, -0.2) is 37.4 Å². The summed E-state index contributed by atoms with van der Waals surface area (Å²) in [5, 5.41) is 12.8. The molecule has 0 spiro atoms. The highest BCUT2D eigenvalue weighted by atomic mass is 16.5. The minimum absolute atomic E-state index is 0.188. The van der Waals surface area contributed by atoms with Gasteiger partial charge in [0.2, 0.25) is 0 Å². The molecular weight excluding hydrogens is 258 g/mol. The van der Waals surface area contributed by atoms with Crippen LogP contribution in [0.2, 0.25) is 0 Å². The molecule has 1 saturated carbocycles. The summed E-state index contributed by atoms with van der Waals surface area (Å²) in [6.07, 6.45) is 3.11. The molecule has 5 heteroatoms. The summed E-state index contributed by atoms with van der Waals surface area (Å²) >= 11 is 0. The van der Waals surface area contributed by atoms with Gasteiger partial charge in [-0.2, -0.15) is 0 Å². The third-order valence-corrected chi connectivity index (χ3v) is 3.69. The quantitative estimate of drug-likeness (QED) is 0.881. The van der Waals surface area contributed by atoms with E-state index in [0.717, 1.165) is 25.7 Å². The van der Waals surface area contributed by atoms with Gasteiger partial charge in [0.1, 0.15) is 0 Å². The summed E-state index contributed by atoms with van der Waals surface area (Å²) in [6.45, 7) is 0. The summed E-state index contributed by atoms with van der Waals surface area (Å²) < 4.78 is 10.4. The van der Waals surface area contributed by atoms with Gasteiger partial charge in [-0.1, -0.05) is 18.9 Å². The van der Waals surface area contributed by atoms with Crippen molar-refractivity contribution in [1.29, 1.82) is 0 Å². The van der Waals surface area contributed by atoms with E-state index in [4.69, 9.17) is 9.47 Å². The highest BCUT2D eigenvalue weighted by molar-refractivity contribution is 5.98. The van der Waals surface area contributed by atoms with Crippen LogP contribution in [0.4, 0.5) is 0 Å². The Morgan fingerprint density at radius 2 is 2.00 bits per heavy atom. The van der Waals surface area contributed by atoms with Crippen molar-refractivity contribution in [2.45, 2.75) is 37.8 Å². The Labute approximate surface area is 118 Å². The molecule has 2 N–H and O–H groups in total. The van der Waals surface area contributed by atoms with Crippen LogP contribution in [0.25, 0.3) is 0 Å². The summed E-state index contributed by atoms with van der Waals surface area (Å²) in [5.74, 6) is 0.689. The van der Waals surface area contributed by atoms with E-state index in [1.165, 1.54) is 14.2 Å². The van der Waals surface area contributed by atoms with E-state index in [0.29, 0.717) is 17.1 Å². The smallest absolute Gasteiger partial charge is 0.255 e. The standard InChI is InChI=1S/C15H21NO4/c1-19-13-9-5-6-10(14(13)20-2)15(18)16-11-7-3-4-8-12(11)17/h5-6,9,11-12,17H,3-4,7-8H2,1-2H3,(H,16,18). The highest BCUT2D eigenvalue weighted by Gasteiger charge is 2.26. The van der Waals surface area contributed by atoms with E-state index in [2.05, 4.69) is 5.32 Å². The molecule has 0 aliphatic heterocycles. The minimum atomic E-state index is -0.468. The molecule has 0 aromatic heterocycles. The molecule has 1 aliphatic carbocycles. The molecule has 1 aromatic carbocycles. The Kier molecular flexibility index (Phi) is 4.84. The van der Waals surface area contributed by atoms with Gasteiger partial charge >= 0.3 is 0 Å². The van der Waals surface area contributed by atoms with Crippen molar-refractivity contribution in [3.8, 4) is 11.5 Å². The van der Waals surface area contributed by atoms with Crippen molar-refractivity contribution in [1.82, 2.24) is 5.32 Å². The molecule has 1 aromatic rings. The molecule has 2 unspecified atom stereocenters. The number of amides is 1. The molecule has 1 amide bonds. The van der Waals surface area contributed by atoms with Crippen LogP contribution in [-0.2, 0) is 0 Å². The van der Waals surface area contributed by atoms with Gasteiger partial charge in [0.05, 0.1) is 31.9 Å². The van der Waals surface area contributed by atoms with Crippen molar-refractivity contribution >= 4 is 5.91 Å². The number of hydrogen-bond donors (Lipinski definition) is 2. The predicted molar refractivity (Wildman–Crippen MR) is 75.3 cm³/mol. The molecule has 20 heavy (non-hydrogen) atoms. The first-order valence-corrected chi connectivity index (χ1v) is 6.87. The molecule has 5 nitrogen and oxygen atoms in total. The molecule has 2 rings (SSSR count). The second kappa shape index (κ2) is 6.61. The van der Waals surface area contributed by atoms with Crippen LogP contribution in [0.5, 0.6) is 11.5 Å². The average molecular weight is 279 g/mol. The van der Waals surface area contributed by atoms with E-state index in [1.54, 1.807) is 18.2 Å². The monoisotopic (exact) mass is 279 g/mol. The normalized spacial score (nSPS) is 22.1. The maximum absolute atomic E-state index is 12.3. The number of rotatable bonds is 4. The minimum Gasteiger partial charge on any atom is -0.493 e. The van der Waals surface area contributed by atoms with Gasteiger partial charge in [-0.05, 0) is 25.0 Å². The van der Waals surface area contributed by atoms with Crippen LogP contribution in [0, 0.1) is 0 Å². The van der Waals surface area contributed by atoms with Gasteiger partial charge in [-0.15, -0.1) is 0 Å². The summed E-state index contributed by atoms with van der Waals surface area (Å²) in [6, 6.07) is 4.98. The van der Waals surface area contributed by atoms with Gasteiger partial charge in [-0.3, -0.25) is 4.79 Å². The lowest BCUT2D eigenvalue weighted by molar-refractivity contribution is 0.0715. The lowest BCUT2D eigenvalue weighted by Crippen LogP contribution is -2.45. The van der Waals surface area contributed by atoms with Crippen molar-refractivity contribution in [2.75, 3.05) is 14.2 Å². The second-order valence-corrected chi connectivity index (χ2v) is 4.97. The number of hydrogen-bond acceptors (Lipinski definition) is 4. The number of carbonyl (C=O) groups is 1. The molecule has 0 heterocycles. The number of aliphatic hydroxyl groups excluding tert-OH is 1. The van der Waals surface area contributed by atoms with Gasteiger partial charge in [0.15, 0.2) is 11.5 Å². The van der Waals surface area contributed by atoms with E-state index in [9.17, 15) is 9.90 Å². The Morgan fingerprint density at radius 3 is 2.65 bits per heavy atom. The van der Waals surface area contributed by atoms with E-state index < -0.39 is 6.10 Å². The first-order valence-electron chi connectivity index (χ1n) is 6.87. The molecule has 1 fully saturated rings. The second-order valence-electron chi connectivity index (χ2n) is 4.97. The summed E-state index contributed by atoms with van der Waals surface area (Å²) in [4.78, 5) is 12.3. The number of para-hydroxylation sites is 1. The topological polar surface area (TPSA) is 67.8 Å². The van der Waals surface area contributed by atoms with Crippen LogP contribution in [0.15, 0.2) is 18.2 Å². The maximum Gasteiger partial charge on any atom is 0.255 e. The van der Waals surface area contributed by atoms with Crippen molar-refractivity contribution in [3.63, 3.8) is 0 Å². The first kappa shape index (κ1) is 14.7. The van der Waals surface area contributed by atoms with Crippen molar-refractivity contribution in [3.05, 3.63) is 23.8 Å². The lowest BCUT2D eigenvalue weighted by Gasteiger charge is -2.28. The predicted octanol–water partition coefficient (Wildman–Crippen LogP) is 1.74. The number of ether oxygens (including phenoxy) is 2. The van der Waals surface area contributed by atoms with Crippen LogP contribution in [0.3, 0.4) is 0 Å². The van der Waals surface area contributed by atoms with Gasteiger partial charge < -0.3 is 19.9 Å². The lowest BCUT2D eigenvalue weighted by atomic mass is 9.92. The number of carbonyl (C=O) groups excluding carboxylic acids is 1. The number of methoxy groups -OCH3 is 2. The zero-order valence-corrected chi connectivity index (χ0v) is 11.9. The molecule has 2 atom stereocenters. The third-order valence-electron chi connectivity index (χ3n) is 3.69. The van der Waals surface area contributed by atoms with Crippen molar-refractivity contribution < 1.29 is 19.4 Å². The van der Waals surface area contributed by atoms with Gasteiger partial charge in [-0.25, -0.2) is 0 Å². The maximum atomic E-state index is 12.3. The van der Waals surface area contributed by atoms with Crippen LogP contribution in [0.1, 0.15) is 36.0 Å². The average Bonchev–Trinajstić information content (AvgIpc) is 2.48. The molecule has 0 saturated heterocycles. The van der Waals surface area contributed by atoms with E-state index in [-0.39, 0.29) is 11.9 Å². The molecule has 110 valence electrons. The number of aliphatic hydroxyl groups is 1. The fraction of sp³-hybridized carbons (Fsp3) is 0.533. The Balaban J connectivity index is 2.16.